The van der Waals surface area contributed by atoms with E-state index < -0.39 is 0 Å². The smallest absolute Gasteiger partial charge is 0.192 e. The Hall–Kier alpha value is -0.620. The fourth-order valence-electron chi connectivity index (χ4n) is 1.91. The van der Waals surface area contributed by atoms with E-state index in [2.05, 4.69) is 4.98 Å². The van der Waals surface area contributed by atoms with Gasteiger partial charge >= 0.3 is 0 Å². The number of carbonyl (C=O) groups is 1. The second-order valence-electron chi connectivity index (χ2n) is 4.05. The minimum absolute atomic E-state index is 0.0748. The van der Waals surface area contributed by atoms with Crippen molar-refractivity contribution in [2.24, 2.45) is 5.92 Å². The molecular formula is C12H11ClINO2. The Kier molecular flexibility index (Phi) is 4.04. The third-order valence-electron chi connectivity index (χ3n) is 2.88. The predicted octanol–water partition coefficient (Wildman–Crippen LogP) is 3.81. The van der Waals surface area contributed by atoms with Crippen molar-refractivity contribution in [1.29, 1.82) is 0 Å². The molecule has 0 saturated heterocycles. The Labute approximate surface area is 119 Å². The van der Waals surface area contributed by atoms with Crippen LogP contribution in [0.15, 0.2) is 23.9 Å². The van der Waals surface area contributed by atoms with Crippen LogP contribution in [0.25, 0.3) is 5.76 Å². The summed E-state index contributed by atoms with van der Waals surface area (Å²) >= 11 is 7.69. The van der Waals surface area contributed by atoms with Gasteiger partial charge in [-0.15, -0.1) is 0 Å². The van der Waals surface area contributed by atoms with Crippen molar-refractivity contribution in [1.82, 2.24) is 4.98 Å². The van der Waals surface area contributed by atoms with E-state index in [-0.39, 0.29) is 11.7 Å². The maximum atomic E-state index is 12.0. The average Bonchev–Trinajstić information content (AvgIpc) is 2.63. The Bertz CT molecular complexity index is 487. The van der Waals surface area contributed by atoms with E-state index in [1.807, 2.05) is 6.92 Å². The zero-order valence-electron chi connectivity index (χ0n) is 9.24. The van der Waals surface area contributed by atoms with E-state index in [9.17, 15) is 4.79 Å². The molecule has 1 unspecified atom stereocenters. The zero-order chi connectivity index (χ0) is 12.4. The number of halogens is 2. The molecule has 2 rings (SSSR count). The quantitative estimate of drug-likeness (QED) is 0.456. The first kappa shape index (κ1) is 12.8. The molecular weight excluding hydrogens is 352 g/mol. The number of Topliss-reactive ketones (excluding diaryl/α,β-unsaturated/α-hetero) is 1. The van der Waals surface area contributed by atoms with Crippen LogP contribution >= 0.6 is 34.6 Å². The lowest BCUT2D eigenvalue weighted by Crippen LogP contribution is -2.05. The van der Waals surface area contributed by atoms with Crippen molar-refractivity contribution in [3.63, 3.8) is 0 Å². The molecule has 0 radical (unpaired) electrons. The minimum Gasteiger partial charge on any atom is -0.425 e. The first-order valence-corrected chi connectivity index (χ1v) is 6.57. The molecule has 1 heterocycles. The van der Waals surface area contributed by atoms with Crippen molar-refractivity contribution < 1.29 is 7.86 Å². The molecule has 1 aliphatic carbocycles. The van der Waals surface area contributed by atoms with Gasteiger partial charge in [0.15, 0.2) is 34.5 Å². The highest BCUT2D eigenvalue weighted by Crippen LogP contribution is 2.34. The molecule has 1 fully saturated rings. The van der Waals surface area contributed by atoms with Crippen molar-refractivity contribution in [2.45, 2.75) is 19.8 Å². The molecule has 0 aromatic carbocycles. The first-order chi connectivity index (χ1) is 8.13. The summed E-state index contributed by atoms with van der Waals surface area (Å²) in [4.78, 5) is 16.2. The number of nitrogens with zero attached hydrogens (tertiary/aromatic N) is 1. The van der Waals surface area contributed by atoms with Crippen LogP contribution in [-0.2, 0) is 7.86 Å². The third kappa shape index (κ3) is 2.63. The molecule has 1 saturated carbocycles. The SMILES string of the molecule is CC1CC/C(=C(/OI)c2cc(Cl)ccn2)C1=O. The van der Waals surface area contributed by atoms with Gasteiger partial charge in [0.2, 0.25) is 0 Å². The standard InChI is InChI=1S/C12H11ClINO2/c1-7-2-3-9(11(7)16)12(17-14)10-6-8(13)4-5-15-10/h4-7H,2-3H2,1H3/b12-9-. The van der Waals surface area contributed by atoms with Crippen molar-refractivity contribution in [2.75, 3.05) is 0 Å². The van der Waals surface area contributed by atoms with Crippen LogP contribution in [0.4, 0.5) is 0 Å². The van der Waals surface area contributed by atoms with E-state index in [4.69, 9.17) is 14.7 Å². The van der Waals surface area contributed by atoms with Gasteiger partial charge in [-0.05, 0) is 25.0 Å². The number of pyridine rings is 1. The average molecular weight is 364 g/mol. The van der Waals surface area contributed by atoms with Gasteiger partial charge in [0.25, 0.3) is 0 Å². The number of carbonyl (C=O) groups excluding carboxylic acids is 1. The van der Waals surface area contributed by atoms with Crippen LogP contribution in [0.3, 0.4) is 0 Å². The third-order valence-corrected chi connectivity index (χ3v) is 3.55. The Morgan fingerprint density at radius 2 is 2.41 bits per heavy atom. The summed E-state index contributed by atoms with van der Waals surface area (Å²) in [5.74, 6) is 0.770. The monoisotopic (exact) mass is 363 g/mol. The van der Waals surface area contributed by atoms with Gasteiger partial charge in [0.1, 0.15) is 5.69 Å². The van der Waals surface area contributed by atoms with E-state index in [1.165, 1.54) is 0 Å². The summed E-state index contributed by atoms with van der Waals surface area (Å²) in [6, 6.07) is 3.40. The number of ketones is 1. The lowest BCUT2D eigenvalue weighted by molar-refractivity contribution is -0.117. The number of rotatable bonds is 2. The van der Waals surface area contributed by atoms with E-state index >= 15 is 0 Å². The zero-order valence-corrected chi connectivity index (χ0v) is 12.2. The summed E-state index contributed by atoms with van der Waals surface area (Å²) in [6.45, 7) is 1.94. The fourth-order valence-corrected chi connectivity index (χ4v) is 2.56. The van der Waals surface area contributed by atoms with Crippen LogP contribution in [0.2, 0.25) is 5.02 Å². The highest BCUT2D eigenvalue weighted by molar-refractivity contribution is 14.1. The molecule has 17 heavy (non-hydrogen) atoms. The Balaban J connectivity index is 2.47. The van der Waals surface area contributed by atoms with E-state index in [0.29, 0.717) is 16.5 Å². The van der Waals surface area contributed by atoms with Crippen LogP contribution in [0, 0.1) is 5.92 Å². The van der Waals surface area contributed by atoms with Crippen molar-refractivity contribution in [3.8, 4) is 0 Å². The summed E-state index contributed by atoms with van der Waals surface area (Å²) in [7, 11) is 0. The maximum absolute atomic E-state index is 12.0. The summed E-state index contributed by atoms with van der Waals surface area (Å²) in [5.41, 5.74) is 1.34. The summed E-state index contributed by atoms with van der Waals surface area (Å²) in [6.07, 6.45) is 3.22. The van der Waals surface area contributed by atoms with Crippen LogP contribution in [0.1, 0.15) is 25.5 Å². The molecule has 3 nitrogen and oxygen atoms in total. The van der Waals surface area contributed by atoms with Gasteiger partial charge in [0, 0.05) is 22.7 Å². The number of hydrogen-bond donors (Lipinski definition) is 0. The van der Waals surface area contributed by atoms with E-state index in [1.54, 1.807) is 41.3 Å². The molecule has 0 aliphatic heterocycles. The molecule has 1 aliphatic rings. The minimum atomic E-state index is 0.0748. The number of hydrogen-bond acceptors (Lipinski definition) is 3. The number of allylic oxidation sites excluding steroid dienone is 1. The lowest BCUT2D eigenvalue weighted by atomic mass is 10.1. The normalized spacial score (nSPS) is 22.8. The van der Waals surface area contributed by atoms with Gasteiger partial charge in [0.05, 0.1) is 0 Å². The van der Waals surface area contributed by atoms with Gasteiger partial charge in [-0.3, -0.25) is 9.78 Å². The lowest BCUT2D eigenvalue weighted by Gasteiger charge is -2.07. The molecule has 0 N–H and O–H groups in total. The van der Waals surface area contributed by atoms with Gasteiger partial charge < -0.3 is 3.07 Å². The second-order valence-corrected chi connectivity index (χ2v) is 4.92. The Morgan fingerprint density at radius 3 is 2.94 bits per heavy atom. The highest BCUT2D eigenvalue weighted by Gasteiger charge is 2.30. The van der Waals surface area contributed by atoms with Crippen LogP contribution in [0.5, 0.6) is 0 Å². The molecule has 0 amide bonds. The maximum Gasteiger partial charge on any atom is 0.192 e. The molecule has 1 aromatic rings. The first-order valence-electron chi connectivity index (χ1n) is 5.31. The predicted molar refractivity (Wildman–Crippen MR) is 74.7 cm³/mol. The van der Waals surface area contributed by atoms with Crippen LogP contribution in [-0.4, -0.2) is 10.8 Å². The van der Waals surface area contributed by atoms with Gasteiger partial charge in [-0.1, -0.05) is 18.5 Å². The molecule has 1 aromatic heterocycles. The molecule has 1 atom stereocenters. The molecule has 90 valence electrons. The number of aromatic nitrogens is 1. The highest BCUT2D eigenvalue weighted by atomic mass is 127. The van der Waals surface area contributed by atoms with Gasteiger partial charge in [-0.2, -0.15) is 0 Å². The van der Waals surface area contributed by atoms with Crippen molar-refractivity contribution >= 4 is 46.1 Å². The Morgan fingerprint density at radius 1 is 1.65 bits per heavy atom. The second kappa shape index (κ2) is 5.35. The molecule has 5 heteroatoms. The van der Waals surface area contributed by atoms with Gasteiger partial charge in [-0.25, -0.2) is 0 Å². The van der Waals surface area contributed by atoms with Crippen LogP contribution < -0.4 is 0 Å². The van der Waals surface area contributed by atoms with Crippen molar-refractivity contribution in [3.05, 3.63) is 34.6 Å². The van der Waals surface area contributed by atoms with E-state index in [0.717, 1.165) is 18.4 Å². The molecule has 0 bridgehead atoms. The molecule has 0 spiro atoms. The topological polar surface area (TPSA) is 39.2 Å². The summed E-state index contributed by atoms with van der Waals surface area (Å²) < 4.78 is 5.30. The summed E-state index contributed by atoms with van der Waals surface area (Å²) in [5, 5.41) is 0.583. The fraction of sp³-hybridized carbons (Fsp3) is 0.333. The largest absolute Gasteiger partial charge is 0.425 e.